The van der Waals surface area contributed by atoms with Gasteiger partial charge in [-0.05, 0) is 38.1 Å². The summed E-state index contributed by atoms with van der Waals surface area (Å²) >= 11 is 1.25. The Bertz CT molecular complexity index is 1310. The fourth-order valence-electron chi connectivity index (χ4n) is 3.32. The first-order valence-corrected chi connectivity index (χ1v) is 11.6. The molecule has 0 saturated carbocycles. The molecule has 0 aliphatic heterocycles. The molecule has 0 spiro atoms. The summed E-state index contributed by atoms with van der Waals surface area (Å²) in [6.07, 6.45) is 1.75. The van der Waals surface area contributed by atoms with Gasteiger partial charge < -0.3 is 9.47 Å². The average molecular weight is 477 g/mol. The number of thiazole rings is 1. The number of rotatable bonds is 8. The second-order valence-electron chi connectivity index (χ2n) is 7.48. The molecule has 0 atom stereocenters. The topological polar surface area (TPSA) is 95.3 Å². The Labute approximate surface area is 201 Å². The molecule has 8 nitrogen and oxygen atoms in total. The molecule has 0 fully saturated rings. The molecule has 2 aromatic carbocycles. The van der Waals surface area contributed by atoms with Crippen molar-refractivity contribution in [3.05, 3.63) is 76.9 Å². The molecule has 2 aromatic heterocycles. The quantitative estimate of drug-likeness (QED) is 0.371. The number of nitrogens with zero attached hydrogens (tertiary/aromatic N) is 3. The fourth-order valence-corrected chi connectivity index (χ4v) is 4.03. The highest BCUT2D eigenvalue weighted by atomic mass is 32.1. The van der Waals surface area contributed by atoms with Gasteiger partial charge in [-0.1, -0.05) is 29.8 Å². The summed E-state index contributed by atoms with van der Waals surface area (Å²) in [6.45, 7) is 4.07. The van der Waals surface area contributed by atoms with E-state index < -0.39 is 0 Å². The van der Waals surface area contributed by atoms with Crippen molar-refractivity contribution < 1.29 is 19.1 Å². The van der Waals surface area contributed by atoms with Gasteiger partial charge in [0.15, 0.2) is 5.13 Å². The Hall–Kier alpha value is -3.98. The van der Waals surface area contributed by atoms with Crippen molar-refractivity contribution in [2.45, 2.75) is 20.3 Å². The molecule has 2 heterocycles. The number of ether oxygens (including phenoxy) is 2. The highest BCUT2D eigenvalue weighted by molar-refractivity contribution is 7.14. The van der Waals surface area contributed by atoms with Gasteiger partial charge in [-0.15, -0.1) is 11.3 Å². The van der Waals surface area contributed by atoms with Crippen molar-refractivity contribution in [3.8, 4) is 22.7 Å². The highest BCUT2D eigenvalue weighted by Crippen LogP contribution is 2.28. The van der Waals surface area contributed by atoms with E-state index in [0.29, 0.717) is 34.4 Å². The van der Waals surface area contributed by atoms with Crippen LogP contribution in [0.3, 0.4) is 0 Å². The van der Waals surface area contributed by atoms with Crippen LogP contribution in [-0.4, -0.2) is 40.4 Å². The van der Waals surface area contributed by atoms with E-state index in [0.717, 1.165) is 16.8 Å². The monoisotopic (exact) mass is 476 g/mol. The summed E-state index contributed by atoms with van der Waals surface area (Å²) in [4.78, 5) is 29.3. The molecule has 9 heteroatoms. The zero-order chi connectivity index (χ0) is 24.1. The van der Waals surface area contributed by atoms with Gasteiger partial charge in [-0.3, -0.25) is 14.9 Å². The number of benzene rings is 2. The molecule has 0 aliphatic carbocycles. The molecule has 0 unspecified atom stereocenters. The summed E-state index contributed by atoms with van der Waals surface area (Å²) in [7, 11) is 1.59. The van der Waals surface area contributed by atoms with Crippen LogP contribution in [0, 0.1) is 6.92 Å². The first-order valence-electron chi connectivity index (χ1n) is 10.7. The molecule has 0 radical (unpaired) electrons. The fraction of sp³-hybridized carbons (Fsp3) is 0.200. The Morgan fingerprint density at radius 3 is 2.68 bits per heavy atom. The van der Waals surface area contributed by atoms with Gasteiger partial charge in [0.25, 0.3) is 5.91 Å². The van der Waals surface area contributed by atoms with E-state index in [4.69, 9.17) is 14.6 Å². The number of carbonyl (C=O) groups is 2. The van der Waals surface area contributed by atoms with E-state index in [9.17, 15) is 9.59 Å². The van der Waals surface area contributed by atoms with E-state index >= 15 is 0 Å². The van der Waals surface area contributed by atoms with E-state index in [1.807, 2.05) is 55.5 Å². The molecule has 0 aliphatic rings. The van der Waals surface area contributed by atoms with Crippen molar-refractivity contribution >= 4 is 28.3 Å². The summed E-state index contributed by atoms with van der Waals surface area (Å²) in [5.41, 5.74) is 4.15. The van der Waals surface area contributed by atoms with E-state index in [1.165, 1.54) is 11.3 Å². The smallest absolute Gasteiger partial charge is 0.311 e. The highest BCUT2D eigenvalue weighted by Gasteiger charge is 2.20. The van der Waals surface area contributed by atoms with Crippen LogP contribution in [0.4, 0.5) is 5.13 Å². The minimum Gasteiger partial charge on any atom is -0.497 e. The third-order valence-corrected chi connectivity index (χ3v) is 5.81. The number of aromatic nitrogens is 3. The molecule has 4 aromatic rings. The standard InChI is InChI=1S/C25H24N4O4S/c1-4-33-22(30)13-18-15-34-25(26-18)27-24(31)21-14-29(19-10-8-16(2)9-11-19)28-23(21)17-6-5-7-20(12-17)32-3/h5-12,14-15H,4,13H2,1-3H3,(H,26,27,31). The third kappa shape index (κ3) is 5.32. The maximum Gasteiger partial charge on any atom is 0.311 e. The second-order valence-corrected chi connectivity index (χ2v) is 8.34. The van der Waals surface area contributed by atoms with Gasteiger partial charge in [0.05, 0.1) is 37.1 Å². The van der Waals surface area contributed by atoms with E-state index in [-0.39, 0.29) is 18.3 Å². The van der Waals surface area contributed by atoms with Crippen LogP contribution in [0.25, 0.3) is 16.9 Å². The minimum absolute atomic E-state index is 0.0562. The Kier molecular flexibility index (Phi) is 7.03. The van der Waals surface area contributed by atoms with Gasteiger partial charge >= 0.3 is 5.97 Å². The third-order valence-electron chi connectivity index (χ3n) is 5.00. The second kappa shape index (κ2) is 10.3. The lowest BCUT2D eigenvalue weighted by atomic mass is 10.1. The lowest BCUT2D eigenvalue weighted by molar-refractivity contribution is -0.142. The number of methoxy groups -OCH3 is 1. The Balaban J connectivity index is 1.65. The van der Waals surface area contributed by atoms with Crippen LogP contribution in [0.1, 0.15) is 28.5 Å². The number of anilines is 1. The largest absolute Gasteiger partial charge is 0.497 e. The number of esters is 1. The summed E-state index contributed by atoms with van der Waals surface area (Å²) < 4.78 is 12.0. The number of hydrogen-bond donors (Lipinski definition) is 1. The zero-order valence-electron chi connectivity index (χ0n) is 19.1. The van der Waals surface area contributed by atoms with E-state index in [2.05, 4.69) is 10.3 Å². The van der Waals surface area contributed by atoms with E-state index in [1.54, 1.807) is 30.3 Å². The van der Waals surface area contributed by atoms with Gasteiger partial charge in [-0.25, -0.2) is 9.67 Å². The molecule has 4 rings (SSSR count). The molecule has 1 amide bonds. The predicted molar refractivity (Wildman–Crippen MR) is 131 cm³/mol. The molecule has 34 heavy (non-hydrogen) atoms. The lowest BCUT2D eigenvalue weighted by Crippen LogP contribution is -2.12. The van der Waals surface area contributed by atoms with Crippen molar-refractivity contribution in [1.82, 2.24) is 14.8 Å². The maximum absolute atomic E-state index is 13.3. The first kappa shape index (κ1) is 23.2. The zero-order valence-corrected chi connectivity index (χ0v) is 19.9. The molecular weight excluding hydrogens is 452 g/mol. The Morgan fingerprint density at radius 2 is 1.94 bits per heavy atom. The van der Waals surface area contributed by atoms with Crippen LogP contribution < -0.4 is 10.1 Å². The molecule has 1 N–H and O–H groups in total. The van der Waals surface area contributed by atoms with Crippen LogP contribution in [-0.2, 0) is 16.0 Å². The number of nitrogens with one attached hydrogen (secondary N) is 1. The molecule has 0 bridgehead atoms. The summed E-state index contributed by atoms with van der Waals surface area (Å²) in [5.74, 6) is -0.0455. The number of aryl methyl sites for hydroxylation is 1. The Morgan fingerprint density at radius 1 is 1.15 bits per heavy atom. The first-order chi connectivity index (χ1) is 16.5. The number of amides is 1. The van der Waals surface area contributed by atoms with Crippen molar-refractivity contribution in [1.29, 1.82) is 0 Å². The molecule has 174 valence electrons. The SMILES string of the molecule is CCOC(=O)Cc1csc(NC(=O)c2cn(-c3ccc(C)cc3)nc2-c2cccc(OC)c2)n1. The van der Waals surface area contributed by atoms with Crippen LogP contribution in [0.15, 0.2) is 60.1 Å². The minimum atomic E-state index is -0.356. The van der Waals surface area contributed by atoms with Crippen molar-refractivity contribution in [2.24, 2.45) is 0 Å². The average Bonchev–Trinajstić information content (AvgIpc) is 3.47. The lowest BCUT2D eigenvalue weighted by Gasteiger charge is -2.05. The van der Waals surface area contributed by atoms with Crippen molar-refractivity contribution in [2.75, 3.05) is 19.0 Å². The maximum atomic E-state index is 13.3. The van der Waals surface area contributed by atoms with Gasteiger partial charge in [0.2, 0.25) is 0 Å². The normalized spacial score (nSPS) is 10.7. The van der Waals surface area contributed by atoms with Gasteiger partial charge in [0, 0.05) is 17.1 Å². The predicted octanol–water partition coefficient (Wildman–Crippen LogP) is 4.67. The summed E-state index contributed by atoms with van der Waals surface area (Å²) in [5, 5.41) is 9.65. The van der Waals surface area contributed by atoms with Crippen LogP contribution in [0.5, 0.6) is 5.75 Å². The summed E-state index contributed by atoms with van der Waals surface area (Å²) in [6, 6.07) is 15.3. The van der Waals surface area contributed by atoms with Crippen LogP contribution in [0.2, 0.25) is 0 Å². The number of carbonyl (C=O) groups excluding carboxylic acids is 2. The number of hydrogen-bond acceptors (Lipinski definition) is 7. The van der Waals surface area contributed by atoms with Crippen molar-refractivity contribution in [3.63, 3.8) is 0 Å². The van der Waals surface area contributed by atoms with Crippen LogP contribution >= 0.6 is 11.3 Å². The van der Waals surface area contributed by atoms with Gasteiger partial charge in [-0.2, -0.15) is 5.10 Å². The molecule has 0 saturated heterocycles. The van der Waals surface area contributed by atoms with Gasteiger partial charge in [0.1, 0.15) is 11.4 Å². The molecular formula is C25H24N4O4S.